The van der Waals surface area contributed by atoms with E-state index in [0.717, 1.165) is 11.1 Å². The van der Waals surface area contributed by atoms with Crippen molar-refractivity contribution in [3.8, 4) is 0 Å². The van der Waals surface area contributed by atoms with E-state index in [-0.39, 0.29) is 30.9 Å². The molecule has 0 aromatic heterocycles. The van der Waals surface area contributed by atoms with E-state index in [2.05, 4.69) is 10.6 Å². The van der Waals surface area contributed by atoms with Crippen LogP contribution in [0.4, 0.5) is 0 Å². The Kier molecular flexibility index (Phi) is 5.12. The number of nitrogens with two attached hydrogens (primary N) is 1. The molecule has 25 heavy (non-hydrogen) atoms. The molecule has 8 nitrogen and oxygen atoms in total. The fourth-order valence-electron chi connectivity index (χ4n) is 3.18. The molecule has 134 valence electrons. The summed E-state index contributed by atoms with van der Waals surface area (Å²) in [6.45, 7) is 1.30. The van der Waals surface area contributed by atoms with E-state index in [1.807, 2.05) is 18.2 Å². The van der Waals surface area contributed by atoms with Gasteiger partial charge in [-0.05, 0) is 23.6 Å². The predicted molar refractivity (Wildman–Crippen MR) is 89.3 cm³/mol. The van der Waals surface area contributed by atoms with Gasteiger partial charge in [-0.15, -0.1) is 0 Å². The maximum atomic E-state index is 12.7. The van der Waals surface area contributed by atoms with Crippen molar-refractivity contribution in [2.24, 2.45) is 5.73 Å². The highest BCUT2D eigenvalue weighted by Crippen LogP contribution is 2.28. The number of carbonyl (C=O) groups excluding carboxylic acids is 3. The highest BCUT2D eigenvalue weighted by molar-refractivity contribution is 6.05. The first-order valence-corrected chi connectivity index (χ1v) is 8.33. The molecular formula is C17H22N4O4. The van der Waals surface area contributed by atoms with E-state index in [9.17, 15) is 14.4 Å². The van der Waals surface area contributed by atoms with E-state index in [4.69, 9.17) is 10.8 Å². The van der Waals surface area contributed by atoms with Gasteiger partial charge in [0, 0.05) is 37.7 Å². The van der Waals surface area contributed by atoms with Crippen LogP contribution in [0.2, 0.25) is 0 Å². The molecule has 0 saturated carbocycles. The van der Waals surface area contributed by atoms with Crippen molar-refractivity contribution in [2.45, 2.75) is 38.0 Å². The Hall–Kier alpha value is -2.29. The van der Waals surface area contributed by atoms with Crippen LogP contribution in [0.5, 0.6) is 0 Å². The van der Waals surface area contributed by atoms with Crippen LogP contribution >= 0.6 is 0 Å². The molecule has 2 atom stereocenters. The van der Waals surface area contributed by atoms with Crippen molar-refractivity contribution in [1.82, 2.24) is 15.5 Å². The fraction of sp³-hybridized carbons (Fsp3) is 0.471. The normalized spacial score (nSPS) is 21.3. The number of rotatable bonds is 6. The van der Waals surface area contributed by atoms with Gasteiger partial charge in [0.15, 0.2) is 0 Å². The summed E-state index contributed by atoms with van der Waals surface area (Å²) in [6, 6.07) is 4.72. The lowest BCUT2D eigenvalue weighted by atomic mass is 10.0. The van der Waals surface area contributed by atoms with E-state index < -0.39 is 11.9 Å². The Morgan fingerprint density at radius 3 is 2.88 bits per heavy atom. The summed E-state index contributed by atoms with van der Waals surface area (Å²) < 4.78 is 0. The first-order valence-electron chi connectivity index (χ1n) is 8.33. The maximum Gasteiger partial charge on any atom is 0.255 e. The zero-order valence-electron chi connectivity index (χ0n) is 13.8. The molecule has 2 heterocycles. The number of aliphatic hydroxyl groups is 1. The smallest absolute Gasteiger partial charge is 0.255 e. The molecule has 1 aromatic carbocycles. The van der Waals surface area contributed by atoms with Crippen LogP contribution < -0.4 is 16.4 Å². The molecule has 0 spiro atoms. The molecule has 5 N–H and O–H groups in total. The van der Waals surface area contributed by atoms with Gasteiger partial charge in [-0.2, -0.15) is 0 Å². The number of aliphatic hydroxyl groups excluding tert-OH is 1. The number of hydrogen-bond donors (Lipinski definition) is 4. The Balaban J connectivity index is 1.67. The van der Waals surface area contributed by atoms with Crippen LogP contribution in [0.1, 0.15) is 34.3 Å². The van der Waals surface area contributed by atoms with Crippen LogP contribution in [-0.4, -0.2) is 53.0 Å². The summed E-state index contributed by atoms with van der Waals surface area (Å²) in [5.41, 5.74) is 8.04. The molecule has 3 rings (SSSR count). The van der Waals surface area contributed by atoms with Gasteiger partial charge in [-0.3, -0.25) is 19.7 Å². The zero-order valence-corrected chi connectivity index (χ0v) is 13.8. The van der Waals surface area contributed by atoms with Crippen molar-refractivity contribution >= 4 is 17.7 Å². The van der Waals surface area contributed by atoms with Gasteiger partial charge in [0.25, 0.3) is 5.91 Å². The topological polar surface area (TPSA) is 125 Å². The van der Waals surface area contributed by atoms with Gasteiger partial charge in [0.05, 0.1) is 6.61 Å². The molecule has 2 aliphatic heterocycles. The van der Waals surface area contributed by atoms with Crippen LogP contribution in [0, 0.1) is 0 Å². The second kappa shape index (κ2) is 7.30. The Morgan fingerprint density at radius 2 is 2.16 bits per heavy atom. The molecule has 0 bridgehead atoms. The minimum atomic E-state index is -0.596. The minimum absolute atomic E-state index is 0.0867. The average Bonchev–Trinajstić information content (AvgIpc) is 2.91. The summed E-state index contributed by atoms with van der Waals surface area (Å²) in [4.78, 5) is 37.5. The number of fused-ring (bicyclic) bond motifs is 1. The quantitative estimate of drug-likeness (QED) is 0.483. The molecular weight excluding hydrogens is 324 g/mol. The van der Waals surface area contributed by atoms with Crippen molar-refractivity contribution < 1.29 is 19.5 Å². The van der Waals surface area contributed by atoms with Gasteiger partial charge < -0.3 is 21.1 Å². The minimum Gasteiger partial charge on any atom is -0.395 e. The standard InChI is InChI=1S/C17H22N4O4/c18-12(9-22)7-19-6-10-1-2-11-8-21(17(25)13(11)5-10)14-3-4-15(23)20-16(14)24/h1-2,5,12,14,19,22H,3-4,6-9,18H2,(H,20,23,24). The van der Waals surface area contributed by atoms with Gasteiger partial charge >= 0.3 is 0 Å². The zero-order chi connectivity index (χ0) is 18.0. The first kappa shape index (κ1) is 17.5. The Labute approximate surface area is 145 Å². The van der Waals surface area contributed by atoms with E-state index in [0.29, 0.717) is 31.6 Å². The van der Waals surface area contributed by atoms with Crippen LogP contribution in [0.15, 0.2) is 18.2 Å². The second-order valence-corrected chi connectivity index (χ2v) is 6.47. The van der Waals surface area contributed by atoms with Crippen LogP contribution in [0.25, 0.3) is 0 Å². The number of nitrogens with zero attached hydrogens (tertiary/aromatic N) is 1. The Bertz CT molecular complexity index is 706. The molecule has 1 saturated heterocycles. The first-order chi connectivity index (χ1) is 12.0. The Morgan fingerprint density at radius 1 is 1.36 bits per heavy atom. The third kappa shape index (κ3) is 3.71. The lowest BCUT2D eigenvalue weighted by molar-refractivity contribution is -0.136. The summed E-state index contributed by atoms with van der Waals surface area (Å²) in [5.74, 6) is -0.879. The molecule has 1 aromatic rings. The van der Waals surface area contributed by atoms with Crippen molar-refractivity contribution in [3.63, 3.8) is 0 Å². The largest absolute Gasteiger partial charge is 0.395 e. The third-order valence-corrected chi connectivity index (χ3v) is 4.56. The summed E-state index contributed by atoms with van der Waals surface area (Å²) in [7, 11) is 0. The monoisotopic (exact) mass is 346 g/mol. The number of benzene rings is 1. The van der Waals surface area contributed by atoms with Crippen LogP contribution in [-0.2, 0) is 22.7 Å². The van der Waals surface area contributed by atoms with Crippen molar-refractivity contribution in [1.29, 1.82) is 0 Å². The number of piperidine rings is 1. The number of hydrogen-bond acceptors (Lipinski definition) is 6. The fourth-order valence-corrected chi connectivity index (χ4v) is 3.18. The van der Waals surface area contributed by atoms with Crippen molar-refractivity contribution in [3.05, 3.63) is 34.9 Å². The molecule has 8 heteroatoms. The van der Waals surface area contributed by atoms with E-state index in [1.54, 1.807) is 0 Å². The summed E-state index contributed by atoms with van der Waals surface area (Å²) in [6.07, 6.45) is 0.606. The summed E-state index contributed by atoms with van der Waals surface area (Å²) in [5, 5.41) is 14.3. The van der Waals surface area contributed by atoms with E-state index in [1.165, 1.54) is 4.90 Å². The lowest BCUT2D eigenvalue weighted by Crippen LogP contribution is -2.52. The van der Waals surface area contributed by atoms with Crippen LogP contribution in [0.3, 0.4) is 0 Å². The predicted octanol–water partition coefficient (Wildman–Crippen LogP) is -1.14. The second-order valence-electron chi connectivity index (χ2n) is 6.47. The number of imide groups is 1. The highest BCUT2D eigenvalue weighted by Gasteiger charge is 2.38. The third-order valence-electron chi connectivity index (χ3n) is 4.56. The summed E-state index contributed by atoms with van der Waals surface area (Å²) >= 11 is 0. The van der Waals surface area contributed by atoms with E-state index >= 15 is 0 Å². The number of carbonyl (C=O) groups is 3. The van der Waals surface area contributed by atoms with Gasteiger partial charge in [0.1, 0.15) is 6.04 Å². The highest BCUT2D eigenvalue weighted by atomic mass is 16.3. The molecule has 1 fully saturated rings. The molecule has 0 radical (unpaired) electrons. The number of nitrogens with one attached hydrogen (secondary N) is 2. The lowest BCUT2D eigenvalue weighted by Gasteiger charge is -2.29. The maximum absolute atomic E-state index is 12.7. The molecule has 0 aliphatic carbocycles. The number of amides is 3. The molecule has 2 unspecified atom stereocenters. The van der Waals surface area contributed by atoms with Gasteiger partial charge in [-0.1, -0.05) is 12.1 Å². The average molecular weight is 346 g/mol. The van der Waals surface area contributed by atoms with Gasteiger partial charge in [-0.25, -0.2) is 0 Å². The molecule has 3 amide bonds. The molecule has 2 aliphatic rings. The van der Waals surface area contributed by atoms with Crippen molar-refractivity contribution in [2.75, 3.05) is 13.2 Å². The van der Waals surface area contributed by atoms with Gasteiger partial charge in [0.2, 0.25) is 11.8 Å². The SMILES string of the molecule is NC(CO)CNCc1ccc2c(c1)C(=O)N(C1CCC(=O)NC1=O)C2.